The van der Waals surface area contributed by atoms with Gasteiger partial charge in [-0.05, 0) is 49.0 Å². The molecular weight excluding hydrogens is 352 g/mol. The predicted molar refractivity (Wildman–Crippen MR) is 107 cm³/mol. The minimum absolute atomic E-state index is 0.0186. The molecule has 0 aromatic heterocycles. The summed E-state index contributed by atoms with van der Waals surface area (Å²) in [5.41, 5.74) is 1.83. The van der Waals surface area contributed by atoms with Crippen LogP contribution in [0.5, 0.6) is 23.0 Å². The van der Waals surface area contributed by atoms with Gasteiger partial charge in [0.15, 0.2) is 28.1 Å². The van der Waals surface area contributed by atoms with E-state index in [-0.39, 0.29) is 6.04 Å². The predicted octanol–water partition coefficient (Wildman–Crippen LogP) is 3.77. The molecule has 0 heterocycles. The number of benzene rings is 2. The van der Waals surface area contributed by atoms with Gasteiger partial charge in [-0.25, -0.2) is 0 Å². The number of thiocarbonyl (C=S) groups is 1. The van der Waals surface area contributed by atoms with Crippen molar-refractivity contribution in [1.82, 2.24) is 5.32 Å². The summed E-state index contributed by atoms with van der Waals surface area (Å²) in [6.07, 6.45) is 0. The molecule has 6 nitrogen and oxygen atoms in total. The Balaban J connectivity index is 2.05. The largest absolute Gasteiger partial charge is 0.493 e. The zero-order chi connectivity index (χ0) is 19.1. The van der Waals surface area contributed by atoms with E-state index >= 15 is 0 Å². The zero-order valence-corrected chi connectivity index (χ0v) is 16.4. The van der Waals surface area contributed by atoms with Gasteiger partial charge in [0.2, 0.25) is 0 Å². The summed E-state index contributed by atoms with van der Waals surface area (Å²) in [6, 6.07) is 11.3. The fraction of sp³-hybridized carbons (Fsp3) is 0.316. The number of rotatable bonds is 7. The van der Waals surface area contributed by atoms with Crippen molar-refractivity contribution < 1.29 is 18.9 Å². The van der Waals surface area contributed by atoms with E-state index in [9.17, 15) is 0 Å². The van der Waals surface area contributed by atoms with Gasteiger partial charge in [-0.3, -0.25) is 0 Å². The van der Waals surface area contributed by atoms with Crippen LogP contribution in [0, 0.1) is 0 Å². The molecule has 0 saturated carbocycles. The second-order valence-electron chi connectivity index (χ2n) is 5.50. The van der Waals surface area contributed by atoms with Crippen LogP contribution in [0.15, 0.2) is 36.4 Å². The Morgan fingerprint density at radius 3 is 1.92 bits per heavy atom. The van der Waals surface area contributed by atoms with Gasteiger partial charge in [0.1, 0.15) is 0 Å². The summed E-state index contributed by atoms with van der Waals surface area (Å²) >= 11 is 5.41. The minimum atomic E-state index is -0.0186. The molecule has 1 unspecified atom stereocenters. The normalized spacial score (nSPS) is 11.3. The molecule has 2 rings (SSSR count). The first-order chi connectivity index (χ1) is 12.5. The molecule has 0 amide bonds. The van der Waals surface area contributed by atoms with Crippen molar-refractivity contribution in [2.24, 2.45) is 0 Å². The number of hydrogen-bond acceptors (Lipinski definition) is 5. The van der Waals surface area contributed by atoms with Crippen LogP contribution >= 0.6 is 12.2 Å². The molecule has 2 aromatic rings. The van der Waals surface area contributed by atoms with Crippen molar-refractivity contribution >= 4 is 23.0 Å². The van der Waals surface area contributed by atoms with Crippen LogP contribution < -0.4 is 29.6 Å². The Bertz CT molecular complexity index is 767. The molecule has 1 atom stereocenters. The van der Waals surface area contributed by atoms with Crippen molar-refractivity contribution in [3.63, 3.8) is 0 Å². The second kappa shape index (κ2) is 9.15. The van der Waals surface area contributed by atoms with Gasteiger partial charge in [-0.2, -0.15) is 0 Å². The molecule has 0 aliphatic carbocycles. The first kappa shape index (κ1) is 19.7. The maximum absolute atomic E-state index is 5.41. The molecule has 0 bridgehead atoms. The van der Waals surface area contributed by atoms with Crippen molar-refractivity contribution in [2.45, 2.75) is 13.0 Å². The summed E-state index contributed by atoms with van der Waals surface area (Å²) < 4.78 is 21.2. The summed E-state index contributed by atoms with van der Waals surface area (Å²) in [4.78, 5) is 0. The topological polar surface area (TPSA) is 61.0 Å². The third kappa shape index (κ3) is 4.70. The van der Waals surface area contributed by atoms with Crippen LogP contribution in [0.3, 0.4) is 0 Å². The summed E-state index contributed by atoms with van der Waals surface area (Å²) in [5, 5.41) is 6.90. The van der Waals surface area contributed by atoms with Crippen molar-refractivity contribution in [2.75, 3.05) is 33.8 Å². The van der Waals surface area contributed by atoms with Crippen LogP contribution in [0.1, 0.15) is 18.5 Å². The van der Waals surface area contributed by atoms with E-state index in [0.29, 0.717) is 28.1 Å². The maximum Gasteiger partial charge on any atom is 0.171 e. The molecule has 2 aromatic carbocycles. The van der Waals surface area contributed by atoms with E-state index in [0.717, 1.165) is 11.3 Å². The molecule has 7 heteroatoms. The van der Waals surface area contributed by atoms with Crippen molar-refractivity contribution in [3.8, 4) is 23.0 Å². The number of nitrogens with one attached hydrogen (secondary N) is 2. The quantitative estimate of drug-likeness (QED) is 0.713. The average Bonchev–Trinajstić information content (AvgIpc) is 2.66. The van der Waals surface area contributed by atoms with Crippen LogP contribution in [0.4, 0.5) is 5.69 Å². The lowest BCUT2D eigenvalue weighted by Crippen LogP contribution is -2.30. The molecule has 0 fully saturated rings. The Morgan fingerprint density at radius 2 is 1.35 bits per heavy atom. The Kier molecular flexibility index (Phi) is 6.91. The molecule has 140 valence electrons. The third-order valence-corrected chi connectivity index (χ3v) is 4.12. The van der Waals surface area contributed by atoms with Gasteiger partial charge >= 0.3 is 0 Å². The molecule has 2 N–H and O–H groups in total. The molecular formula is C19H24N2O4S. The smallest absolute Gasteiger partial charge is 0.171 e. The van der Waals surface area contributed by atoms with Gasteiger partial charge in [0.25, 0.3) is 0 Å². The SMILES string of the molecule is COc1ccc(NC(=S)NC(C)c2ccc(OC)c(OC)c2)cc1OC. The number of anilines is 1. The standard InChI is InChI=1S/C19H24N2O4S/c1-12(13-6-8-15(22-2)17(10-13)24-4)20-19(26)21-14-7-9-16(23-3)18(11-14)25-5/h6-12H,1-5H3,(H2,20,21,26). The van der Waals surface area contributed by atoms with E-state index < -0.39 is 0 Å². The average molecular weight is 376 g/mol. The van der Waals surface area contributed by atoms with E-state index in [1.165, 1.54) is 0 Å². The molecule has 0 radical (unpaired) electrons. The molecule has 26 heavy (non-hydrogen) atoms. The van der Waals surface area contributed by atoms with Gasteiger partial charge in [-0.1, -0.05) is 6.07 Å². The van der Waals surface area contributed by atoms with E-state index in [1.807, 2.05) is 43.3 Å². The Labute approximate surface area is 159 Å². The number of hydrogen-bond donors (Lipinski definition) is 2. The highest BCUT2D eigenvalue weighted by Crippen LogP contribution is 2.31. The number of ether oxygens (including phenoxy) is 4. The Hall–Kier alpha value is -2.67. The fourth-order valence-electron chi connectivity index (χ4n) is 2.48. The summed E-state index contributed by atoms with van der Waals surface area (Å²) in [5.74, 6) is 2.66. The highest BCUT2D eigenvalue weighted by atomic mass is 32.1. The molecule has 0 spiro atoms. The lowest BCUT2D eigenvalue weighted by molar-refractivity contribution is 0.354. The van der Waals surface area contributed by atoms with Gasteiger partial charge in [0.05, 0.1) is 34.5 Å². The minimum Gasteiger partial charge on any atom is -0.493 e. The third-order valence-electron chi connectivity index (χ3n) is 3.90. The highest BCUT2D eigenvalue weighted by molar-refractivity contribution is 7.80. The highest BCUT2D eigenvalue weighted by Gasteiger charge is 2.12. The van der Waals surface area contributed by atoms with Crippen molar-refractivity contribution in [3.05, 3.63) is 42.0 Å². The second-order valence-corrected chi connectivity index (χ2v) is 5.91. The fourth-order valence-corrected chi connectivity index (χ4v) is 2.78. The maximum atomic E-state index is 5.41. The van der Waals surface area contributed by atoms with Crippen LogP contribution in [0.25, 0.3) is 0 Å². The lowest BCUT2D eigenvalue weighted by atomic mass is 10.1. The molecule has 0 aliphatic heterocycles. The molecule has 0 aliphatic rings. The van der Waals surface area contributed by atoms with E-state index in [1.54, 1.807) is 28.4 Å². The van der Waals surface area contributed by atoms with Gasteiger partial charge in [0, 0.05) is 11.8 Å². The lowest BCUT2D eigenvalue weighted by Gasteiger charge is -2.19. The zero-order valence-electron chi connectivity index (χ0n) is 15.6. The Morgan fingerprint density at radius 1 is 0.808 bits per heavy atom. The first-order valence-electron chi connectivity index (χ1n) is 8.03. The van der Waals surface area contributed by atoms with Crippen LogP contribution in [0.2, 0.25) is 0 Å². The van der Waals surface area contributed by atoms with Gasteiger partial charge in [-0.15, -0.1) is 0 Å². The summed E-state index contributed by atoms with van der Waals surface area (Å²) in [7, 11) is 6.42. The van der Waals surface area contributed by atoms with E-state index in [4.69, 9.17) is 31.2 Å². The van der Waals surface area contributed by atoms with Crippen molar-refractivity contribution in [1.29, 1.82) is 0 Å². The monoisotopic (exact) mass is 376 g/mol. The van der Waals surface area contributed by atoms with Crippen LogP contribution in [-0.2, 0) is 0 Å². The van der Waals surface area contributed by atoms with E-state index in [2.05, 4.69) is 10.6 Å². The number of methoxy groups -OCH3 is 4. The summed E-state index contributed by atoms with van der Waals surface area (Å²) in [6.45, 7) is 2.02. The van der Waals surface area contributed by atoms with Crippen LogP contribution in [-0.4, -0.2) is 33.6 Å². The van der Waals surface area contributed by atoms with Gasteiger partial charge < -0.3 is 29.6 Å². The molecule has 0 saturated heterocycles. The first-order valence-corrected chi connectivity index (χ1v) is 8.44.